The number of hydrogen-bond acceptors (Lipinski definition) is 5. The van der Waals surface area contributed by atoms with E-state index in [1.54, 1.807) is 0 Å². The average molecular weight is 464 g/mol. The number of pyridine rings is 1. The number of rotatable bonds is 6. The standard InChI is InChI=1S/C22H30BrN3O3/c23-17-4-9-24-19(14-17)25-11-5-18(6-12-25)29-13-3-10-26-20(27)15-22(16-21(26)28)7-1-2-8-22/h4,9,14,18H,1-3,5-8,10-13,15-16H2. The number of piperidine rings is 2. The molecule has 7 heteroatoms. The van der Waals surface area contributed by atoms with Gasteiger partial charge in [0.1, 0.15) is 5.82 Å². The molecular formula is C22H30BrN3O3. The van der Waals surface area contributed by atoms with E-state index in [2.05, 4.69) is 25.8 Å². The van der Waals surface area contributed by atoms with Gasteiger partial charge in [0, 0.05) is 49.8 Å². The number of nitrogens with zero attached hydrogens (tertiary/aromatic N) is 3. The third-order valence-corrected chi connectivity index (χ3v) is 7.17. The molecule has 3 aliphatic rings. The fourth-order valence-electron chi connectivity index (χ4n) is 5.05. The first kappa shape index (κ1) is 20.8. The maximum Gasteiger partial charge on any atom is 0.229 e. The zero-order valence-corrected chi connectivity index (χ0v) is 18.5. The van der Waals surface area contributed by atoms with Gasteiger partial charge in [-0.2, -0.15) is 0 Å². The van der Waals surface area contributed by atoms with Crippen LogP contribution in [0.5, 0.6) is 0 Å². The summed E-state index contributed by atoms with van der Waals surface area (Å²) >= 11 is 3.50. The Bertz CT molecular complexity index is 723. The van der Waals surface area contributed by atoms with Crippen molar-refractivity contribution in [1.82, 2.24) is 9.88 Å². The largest absolute Gasteiger partial charge is 0.378 e. The minimum Gasteiger partial charge on any atom is -0.378 e. The van der Waals surface area contributed by atoms with Crippen molar-refractivity contribution < 1.29 is 14.3 Å². The summed E-state index contributed by atoms with van der Waals surface area (Å²) in [7, 11) is 0. The van der Waals surface area contributed by atoms with Crippen LogP contribution in [0.1, 0.15) is 57.8 Å². The zero-order chi connectivity index (χ0) is 20.3. The van der Waals surface area contributed by atoms with Gasteiger partial charge in [0.05, 0.1) is 6.10 Å². The van der Waals surface area contributed by atoms with Crippen molar-refractivity contribution >= 4 is 33.6 Å². The van der Waals surface area contributed by atoms with E-state index >= 15 is 0 Å². The zero-order valence-electron chi connectivity index (χ0n) is 16.9. The van der Waals surface area contributed by atoms with Crippen molar-refractivity contribution in [3.63, 3.8) is 0 Å². The maximum atomic E-state index is 12.5. The maximum absolute atomic E-state index is 12.5. The summed E-state index contributed by atoms with van der Waals surface area (Å²) in [4.78, 5) is 33.2. The molecule has 1 aliphatic carbocycles. The lowest BCUT2D eigenvalue weighted by Gasteiger charge is -2.37. The van der Waals surface area contributed by atoms with Gasteiger partial charge in [0.25, 0.3) is 0 Å². The molecule has 1 spiro atoms. The molecule has 0 N–H and O–H groups in total. The van der Waals surface area contributed by atoms with Crippen molar-refractivity contribution in [1.29, 1.82) is 0 Å². The number of carbonyl (C=O) groups is 2. The minimum absolute atomic E-state index is 0.0155. The fraction of sp³-hybridized carbons (Fsp3) is 0.682. The summed E-state index contributed by atoms with van der Waals surface area (Å²) < 4.78 is 7.08. The molecule has 2 amide bonds. The number of carbonyl (C=O) groups excluding carboxylic acids is 2. The summed E-state index contributed by atoms with van der Waals surface area (Å²) in [5.41, 5.74) is -0.0155. The number of aromatic nitrogens is 1. The molecule has 0 unspecified atom stereocenters. The smallest absolute Gasteiger partial charge is 0.229 e. The van der Waals surface area contributed by atoms with E-state index in [-0.39, 0.29) is 23.3 Å². The predicted octanol–water partition coefficient (Wildman–Crippen LogP) is 3.93. The molecule has 0 aromatic carbocycles. The number of imide groups is 1. The van der Waals surface area contributed by atoms with Gasteiger partial charge in [-0.1, -0.05) is 28.8 Å². The van der Waals surface area contributed by atoms with Crippen LogP contribution in [0.2, 0.25) is 0 Å². The lowest BCUT2D eigenvalue weighted by Crippen LogP contribution is -2.47. The molecule has 158 valence electrons. The molecule has 0 bridgehead atoms. The molecule has 2 saturated heterocycles. The molecule has 2 aliphatic heterocycles. The quantitative estimate of drug-likeness (QED) is 0.472. The number of likely N-dealkylation sites (tertiary alicyclic amines) is 1. The van der Waals surface area contributed by atoms with E-state index in [1.165, 1.54) is 4.90 Å². The molecule has 3 heterocycles. The second kappa shape index (κ2) is 9.13. The summed E-state index contributed by atoms with van der Waals surface area (Å²) in [6.45, 7) is 2.95. The van der Waals surface area contributed by atoms with Crippen molar-refractivity contribution in [3.8, 4) is 0 Å². The van der Waals surface area contributed by atoms with Crippen LogP contribution in [0.4, 0.5) is 5.82 Å². The monoisotopic (exact) mass is 463 g/mol. The topological polar surface area (TPSA) is 62.7 Å². The Morgan fingerprint density at radius 2 is 1.83 bits per heavy atom. The first-order valence-electron chi connectivity index (χ1n) is 10.9. The summed E-state index contributed by atoms with van der Waals surface area (Å²) in [5.74, 6) is 1.05. The number of anilines is 1. The van der Waals surface area contributed by atoms with Crippen LogP contribution in [0, 0.1) is 5.41 Å². The van der Waals surface area contributed by atoms with E-state index in [0.717, 1.165) is 68.3 Å². The Balaban J connectivity index is 1.16. The second-order valence-electron chi connectivity index (χ2n) is 8.74. The fourth-order valence-corrected chi connectivity index (χ4v) is 5.38. The minimum atomic E-state index is -0.0155. The van der Waals surface area contributed by atoms with E-state index in [4.69, 9.17) is 4.74 Å². The van der Waals surface area contributed by atoms with Crippen LogP contribution < -0.4 is 4.90 Å². The van der Waals surface area contributed by atoms with Gasteiger partial charge >= 0.3 is 0 Å². The summed E-state index contributed by atoms with van der Waals surface area (Å²) in [6.07, 6.45) is 10.2. The highest BCUT2D eigenvalue weighted by Crippen LogP contribution is 2.46. The number of halogens is 1. The highest BCUT2D eigenvalue weighted by Gasteiger charge is 2.44. The lowest BCUT2D eigenvalue weighted by atomic mass is 9.76. The van der Waals surface area contributed by atoms with Gasteiger partial charge in [0.2, 0.25) is 11.8 Å². The van der Waals surface area contributed by atoms with Crippen LogP contribution in [0.15, 0.2) is 22.8 Å². The van der Waals surface area contributed by atoms with E-state index in [9.17, 15) is 9.59 Å². The van der Waals surface area contributed by atoms with Gasteiger partial charge in [-0.15, -0.1) is 0 Å². The van der Waals surface area contributed by atoms with Gasteiger partial charge in [-0.25, -0.2) is 4.98 Å². The number of ether oxygens (including phenoxy) is 1. The second-order valence-corrected chi connectivity index (χ2v) is 9.66. The lowest BCUT2D eigenvalue weighted by molar-refractivity contribution is -0.153. The predicted molar refractivity (Wildman–Crippen MR) is 115 cm³/mol. The van der Waals surface area contributed by atoms with Gasteiger partial charge in [-0.05, 0) is 49.7 Å². The highest BCUT2D eigenvalue weighted by atomic mass is 79.9. The molecule has 0 atom stereocenters. The number of hydrogen-bond donors (Lipinski definition) is 0. The molecule has 1 aromatic rings. The summed E-state index contributed by atoms with van der Waals surface area (Å²) in [6, 6.07) is 3.98. The molecule has 3 fully saturated rings. The Morgan fingerprint density at radius 3 is 2.48 bits per heavy atom. The third kappa shape index (κ3) is 5.00. The Labute approximate surface area is 181 Å². The first-order valence-corrected chi connectivity index (χ1v) is 11.7. The van der Waals surface area contributed by atoms with Crippen molar-refractivity contribution in [3.05, 3.63) is 22.8 Å². The van der Waals surface area contributed by atoms with E-state index in [1.807, 2.05) is 18.3 Å². The Kier molecular flexibility index (Phi) is 6.54. The van der Waals surface area contributed by atoms with E-state index < -0.39 is 0 Å². The van der Waals surface area contributed by atoms with Crippen LogP contribution >= 0.6 is 15.9 Å². The van der Waals surface area contributed by atoms with Crippen LogP contribution in [0.25, 0.3) is 0 Å². The number of amides is 2. The molecule has 1 saturated carbocycles. The van der Waals surface area contributed by atoms with Crippen LogP contribution in [-0.2, 0) is 14.3 Å². The SMILES string of the molecule is O=C1CC2(CCCC2)CC(=O)N1CCCOC1CCN(c2cc(Br)ccn2)CC1. The molecule has 1 aromatic heterocycles. The molecule has 4 rings (SSSR count). The van der Waals surface area contributed by atoms with E-state index in [0.29, 0.717) is 26.0 Å². The van der Waals surface area contributed by atoms with Crippen LogP contribution in [-0.4, -0.2) is 54.0 Å². The summed E-state index contributed by atoms with van der Waals surface area (Å²) in [5, 5.41) is 0. The van der Waals surface area contributed by atoms with Crippen molar-refractivity contribution in [2.75, 3.05) is 31.1 Å². The van der Waals surface area contributed by atoms with Crippen molar-refractivity contribution in [2.45, 2.75) is 63.9 Å². The van der Waals surface area contributed by atoms with Crippen molar-refractivity contribution in [2.24, 2.45) is 5.41 Å². The average Bonchev–Trinajstić information content (AvgIpc) is 3.14. The molecule has 29 heavy (non-hydrogen) atoms. The van der Waals surface area contributed by atoms with Gasteiger partial charge in [0.15, 0.2) is 0 Å². The Hall–Kier alpha value is -1.47. The Morgan fingerprint density at radius 1 is 1.14 bits per heavy atom. The molecular weight excluding hydrogens is 434 g/mol. The van der Waals surface area contributed by atoms with Gasteiger partial charge < -0.3 is 9.64 Å². The molecule has 0 radical (unpaired) electrons. The third-order valence-electron chi connectivity index (χ3n) is 6.67. The normalized spacial score (nSPS) is 22.7. The molecule has 6 nitrogen and oxygen atoms in total. The van der Waals surface area contributed by atoms with Crippen LogP contribution in [0.3, 0.4) is 0 Å². The van der Waals surface area contributed by atoms with Gasteiger partial charge in [-0.3, -0.25) is 14.5 Å². The highest BCUT2D eigenvalue weighted by molar-refractivity contribution is 9.10. The first-order chi connectivity index (χ1) is 14.0.